The van der Waals surface area contributed by atoms with E-state index < -0.39 is 0 Å². The van der Waals surface area contributed by atoms with Gasteiger partial charge in [-0.25, -0.2) is 4.98 Å². The zero-order chi connectivity index (χ0) is 15.4. The van der Waals surface area contributed by atoms with E-state index in [0.29, 0.717) is 28.8 Å². The number of nitrogens with one attached hydrogen (secondary N) is 1. The lowest BCUT2D eigenvalue weighted by Gasteiger charge is -2.15. The highest BCUT2D eigenvalue weighted by molar-refractivity contribution is 5.69. The van der Waals surface area contributed by atoms with Crippen LogP contribution in [0.1, 0.15) is 0 Å². The maximum absolute atomic E-state index is 5.69. The van der Waals surface area contributed by atoms with E-state index in [1.165, 1.54) is 0 Å². The molecule has 1 aromatic carbocycles. The highest BCUT2D eigenvalue weighted by Gasteiger charge is 2.13. The minimum atomic E-state index is 0.271. The SMILES string of the molecule is COc1cc(Nc2ccc(N)c(N)n2)cc(OC)c1OC. The summed E-state index contributed by atoms with van der Waals surface area (Å²) in [5.74, 6) is 2.45. The molecule has 2 rings (SSSR count). The molecule has 0 fully saturated rings. The van der Waals surface area contributed by atoms with Crippen LogP contribution in [0, 0.1) is 0 Å². The van der Waals surface area contributed by atoms with Gasteiger partial charge in [0.15, 0.2) is 11.5 Å². The number of methoxy groups -OCH3 is 3. The van der Waals surface area contributed by atoms with Gasteiger partial charge in [-0.15, -0.1) is 0 Å². The molecule has 0 aliphatic rings. The Morgan fingerprint density at radius 1 is 0.952 bits per heavy atom. The minimum absolute atomic E-state index is 0.271. The van der Waals surface area contributed by atoms with Crippen LogP contribution in [0.2, 0.25) is 0 Å². The van der Waals surface area contributed by atoms with Gasteiger partial charge in [-0.05, 0) is 12.1 Å². The van der Waals surface area contributed by atoms with Crippen LogP contribution in [-0.2, 0) is 0 Å². The largest absolute Gasteiger partial charge is 0.493 e. The molecule has 7 heteroatoms. The van der Waals surface area contributed by atoms with Gasteiger partial charge in [0.1, 0.15) is 11.6 Å². The molecule has 0 amide bonds. The Hall–Kier alpha value is -2.83. The molecule has 0 unspecified atom stereocenters. The van der Waals surface area contributed by atoms with Gasteiger partial charge in [0.2, 0.25) is 5.75 Å². The van der Waals surface area contributed by atoms with Crippen LogP contribution in [-0.4, -0.2) is 26.3 Å². The van der Waals surface area contributed by atoms with Gasteiger partial charge in [0, 0.05) is 17.8 Å². The second-order valence-corrected chi connectivity index (χ2v) is 4.21. The van der Waals surface area contributed by atoms with Crippen LogP contribution in [0.5, 0.6) is 17.2 Å². The first kappa shape index (κ1) is 14.6. The van der Waals surface area contributed by atoms with E-state index in [4.69, 9.17) is 25.7 Å². The molecule has 21 heavy (non-hydrogen) atoms. The van der Waals surface area contributed by atoms with Crippen molar-refractivity contribution < 1.29 is 14.2 Å². The van der Waals surface area contributed by atoms with Gasteiger partial charge < -0.3 is 31.0 Å². The fourth-order valence-corrected chi connectivity index (χ4v) is 1.86. The third-order valence-electron chi connectivity index (χ3n) is 2.89. The Labute approximate surface area is 122 Å². The van der Waals surface area contributed by atoms with E-state index in [2.05, 4.69) is 10.3 Å². The quantitative estimate of drug-likeness (QED) is 0.773. The molecule has 5 N–H and O–H groups in total. The lowest BCUT2D eigenvalue weighted by molar-refractivity contribution is 0.324. The van der Waals surface area contributed by atoms with E-state index in [1.54, 1.807) is 45.6 Å². The summed E-state index contributed by atoms with van der Waals surface area (Å²) in [5.41, 5.74) is 12.5. The average molecular weight is 290 g/mol. The average Bonchev–Trinajstić information content (AvgIpc) is 2.49. The van der Waals surface area contributed by atoms with Gasteiger partial charge in [-0.3, -0.25) is 0 Å². The van der Waals surface area contributed by atoms with Crippen molar-refractivity contribution >= 4 is 23.0 Å². The van der Waals surface area contributed by atoms with E-state index in [1.807, 2.05) is 0 Å². The Morgan fingerprint density at radius 3 is 2.05 bits per heavy atom. The number of anilines is 4. The first-order chi connectivity index (χ1) is 10.1. The van der Waals surface area contributed by atoms with Crippen molar-refractivity contribution in [1.29, 1.82) is 0 Å². The van der Waals surface area contributed by atoms with E-state index in [-0.39, 0.29) is 5.82 Å². The fraction of sp³-hybridized carbons (Fsp3) is 0.214. The maximum atomic E-state index is 5.69. The highest BCUT2D eigenvalue weighted by atomic mass is 16.5. The van der Waals surface area contributed by atoms with Gasteiger partial charge in [-0.1, -0.05) is 0 Å². The van der Waals surface area contributed by atoms with Crippen LogP contribution in [0.3, 0.4) is 0 Å². The number of nitrogens with zero attached hydrogens (tertiary/aromatic N) is 1. The molecule has 2 aromatic rings. The number of pyridine rings is 1. The van der Waals surface area contributed by atoms with Gasteiger partial charge in [-0.2, -0.15) is 0 Å². The van der Waals surface area contributed by atoms with E-state index >= 15 is 0 Å². The molecule has 0 atom stereocenters. The number of benzene rings is 1. The number of hydrogen-bond acceptors (Lipinski definition) is 7. The van der Waals surface area contributed by atoms with E-state index in [9.17, 15) is 0 Å². The summed E-state index contributed by atoms with van der Waals surface area (Å²) in [7, 11) is 4.66. The van der Waals surface area contributed by atoms with Gasteiger partial charge >= 0.3 is 0 Å². The molecular weight excluding hydrogens is 272 g/mol. The highest BCUT2D eigenvalue weighted by Crippen LogP contribution is 2.40. The summed E-state index contributed by atoms with van der Waals surface area (Å²) in [6.07, 6.45) is 0. The zero-order valence-corrected chi connectivity index (χ0v) is 12.1. The van der Waals surface area contributed by atoms with Crippen molar-refractivity contribution in [2.75, 3.05) is 38.1 Å². The van der Waals surface area contributed by atoms with Crippen LogP contribution in [0.25, 0.3) is 0 Å². The number of rotatable bonds is 5. The maximum Gasteiger partial charge on any atom is 0.203 e. The van der Waals surface area contributed by atoms with Crippen LogP contribution >= 0.6 is 0 Å². The van der Waals surface area contributed by atoms with Gasteiger partial charge in [0.25, 0.3) is 0 Å². The lowest BCUT2D eigenvalue weighted by atomic mass is 10.2. The molecule has 7 nitrogen and oxygen atoms in total. The minimum Gasteiger partial charge on any atom is -0.493 e. The Bertz CT molecular complexity index is 621. The van der Waals surface area contributed by atoms with Crippen molar-refractivity contribution in [1.82, 2.24) is 4.98 Å². The fourth-order valence-electron chi connectivity index (χ4n) is 1.86. The van der Waals surface area contributed by atoms with Crippen molar-refractivity contribution in [3.63, 3.8) is 0 Å². The molecule has 0 spiro atoms. The van der Waals surface area contributed by atoms with Crippen molar-refractivity contribution in [2.24, 2.45) is 0 Å². The monoisotopic (exact) mass is 290 g/mol. The van der Waals surface area contributed by atoms with Crippen molar-refractivity contribution in [2.45, 2.75) is 0 Å². The number of ether oxygens (including phenoxy) is 3. The van der Waals surface area contributed by atoms with E-state index in [0.717, 1.165) is 5.69 Å². The molecule has 1 heterocycles. The normalized spacial score (nSPS) is 10.0. The lowest BCUT2D eigenvalue weighted by Crippen LogP contribution is -2.02. The first-order valence-electron chi connectivity index (χ1n) is 6.18. The third kappa shape index (κ3) is 3.02. The second-order valence-electron chi connectivity index (χ2n) is 4.21. The number of aromatic nitrogens is 1. The number of nitrogens with two attached hydrogens (primary N) is 2. The Balaban J connectivity index is 2.37. The predicted octanol–water partition coefficient (Wildman–Crippen LogP) is 2.02. The molecule has 1 aromatic heterocycles. The summed E-state index contributed by atoms with van der Waals surface area (Å²) in [5, 5.41) is 3.11. The third-order valence-corrected chi connectivity index (χ3v) is 2.89. The summed E-state index contributed by atoms with van der Waals surface area (Å²) >= 11 is 0. The smallest absolute Gasteiger partial charge is 0.203 e. The standard InChI is InChI=1S/C14H18N4O3/c1-19-10-6-8(7-11(20-2)13(10)21-3)17-12-5-4-9(15)14(16)18-12/h4-7H,15H2,1-3H3,(H3,16,17,18). The van der Waals surface area contributed by atoms with Crippen molar-refractivity contribution in [3.05, 3.63) is 24.3 Å². The molecule has 0 saturated heterocycles. The zero-order valence-electron chi connectivity index (χ0n) is 12.1. The Morgan fingerprint density at radius 2 is 1.57 bits per heavy atom. The molecule has 0 bridgehead atoms. The summed E-state index contributed by atoms with van der Waals surface area (Å²) in [4.78, 5) is 4.15. The molecule has 0 saturated carbocycles. The number of hydrogen-bond donors (Lipinski definition) is 3. The summed E-state index contributed by atoms with van der Waals surface area (Å²) < 4.78 is 15.8. The second kappa shape index (κ2) is 6.08. The molecule has 0 aliphatic carbocycles. The van der Waals surface area contributed by atoms with Crippen molar-refractivity contribution in [3.8, 4) is 17.2 Å². The molecule has 0 radical (unpaired) electrons. The molecule has 0 aliphatic heterocycles. The summed E-state index contributed by atoms with van der Waals surface area (Å²) in [6, 6.07) is 6.96. The topological polar surface area (TPSA) is 105 Å². The molecular formula is C14H18N4O3. The number of nitrogen functional groups attached to an aromatic ring is 2. The van der Waals surface area contributed by atoms with Crippen LogP contribution < -0.4 is 31.0 Å². The van der Waals surface area contributed by atoms with Gasteiger partial charge in [0.05, 0.1) is 27.0 Å². The predicted molar refractivity (Wildman–Crippen MR) is 82.4 cm³/mol. The first-order valence-corrected chi connectivity index (χ1v) is 6.18. The summed E-state index contributed by atoms with van der Waals surface area (Å²) in [6.45, 7) is 0. The Kier molecular flexibility index (Phi) is 4.22. The van der Waals surface area contributed by atoms with Crippen LogP contribution in [0.15, 0.2) is 24.3 Å². The molecule has 112 valence electrons. The van der Waals surface area contributed by atoms with Crippen LogP contribution in [0.4, 0.5) is 23.0 Å².